The second-order valence-corrected chi connectivity index (χ2v) is 10.6. The summed E-state index contributed by atoms with van der Waals surface area (Å²) in [5, 5.41) is 7.64. The van der Waals surface area contributed by atoms with Gasteiger partial charge in [-0.05, 0) is 48.5 Å². The summed E-state index contributed by atoms with van der Waals surface area (Å²) < 4.78 is 52.0. The minimum atomic E-state index is -3.74. The van der Waals surface area contributed by atoms with Crippen molar-refractivity contribution in [1.82, 2.24) is 10.2 Å². The lowest BCUT2D eigenvalue weighted by Gasteiger charge is -2.10. The van der Waals surface area contributed by atoms with Crippen molar-refractivity contribution in [3.05, 3.63) is 65.1 Å². The molecule has 10 heteroatoms. The highest BCUT2D eigenvalue weighted by molar-refractivity contribution is 9.10. The number of hydrogen-bond acceptors (Lipinski definition) is 6. The molecule has 0 spiro atoms. The third kappa shape index (κ3) is 4.57. The quantitative estimate of drug-likeness (QED) is 0.577. The lowest BCUT2D eigenvalue weighted by atomic mass is 10.1. The van der Waals surface area contributed by atoms with Gasteiger partial charge in [0.15, 0.2) is 14.9 Å². The van der Waals surface area contributed by atoms with Crippen LogP contribution < -0.4 is 4.72 Å². The van der Waals surface area contributed by atoms with E-state index in [1.807, 2.05) is 0 Å². The highest BCUT2D eigenvalue weighted by atomic mass is 79.9. The molecule has 3 aromatic rings. The Hall–Kier alpha value is -2.30. The smallest absolute Gasteiger partial charge is 0.261 e. The standard InChI is InChI=1S/C18H16BrN3O4S2/c1-2-27(23,24)18-11-10-17(20-21-18)13-4-3-5-15(12-13)22-28(25,26)16-8-6-14(19)7-9-16/h3-12,22H,2H2,1H3. The molecule has 0 fully saturated rings. The maximum atomic E-state index is 12.5. The van der Waals surface area contributed by atoms with Crippen molar-refractivity contribution >= 4 is 41.5 Å². The number of nitrogens with one attached hydrogen (secondary N) is 1. The minimum absolute atomic E-state index is 0.0612. The molecular formula is C18H16BrN3O4S2. The fourth-order valence-corrected chi connectivity index (χ4v) is 4.41. The van der Waals surface area contributed by atoms with Gasteiger partial charge in [-0.25, -0.2) is 16.8 Å². The van der Waals surface area contributed by atoms with Gasteiger partial charge in [0.1, 0.15) is 0 Å². The molecule has 28 heavy (non-hydrogen) atoms. The van der Waals surface area contributed by atoms with Crippen LogP contribution in [0.2, 0.25) is 0 Å². The van der Waals surface area contributed by atoms with Crippen LogP contribution in [0.15, 0.2) is 75.1 Å². The summed E-state index contributed by atoms with van der Waals surface area (Å²) >= 11 is 3.27. The van der Waals surface area contributed by atoms with Crippen LogP contribution >= 0.6 is 15.9 Å². The maximum absolute atomic E-state index is 12.5. The molecule has 2 aromatic carbocycles. The van der Waals surface area contributed by atoms with Crippen molar-refractivity contribution in [2.45, 2.75) is 16.8 Å². The number of aromatic nitrogens is 2. The average Bonchev–Trinajstić information content (AvgIpc) is 2.68. The first kappa shape index (κ1) is 20.4. The summed E-state index contributed by atoms with van der Waals surface area (Å²) in [6.07, 6.45) is 0. The van der Waals surface area contributed by atoms with Gasteiger partial charge in [0.2, 0.25) is 0 Å². The van der Waals surface area contributed by atoms with E-state index in [2.05, 4.69) is 30.8 Å². The number of nitrogens with zero attached hydrogens (tertiary/aromatic N) is 2. The molecule has 0 unspecified atom stereocenters. The maximum Gasteiger partial charge on any atom is 0.261 e. The van der Waals surface area contributed by atoms with Gasteiger partial charge < -0.3 is 0 Å². The van der Waals surface area contributed by atoms with Gasteiger partial charge in [-0.1, -0.05) is 35.0 Å². The van der Waals surface area contributed by atoms with E-state index >= 15 is 0 Å². The van der Waals surface area contributed by atoms with Crippen molar-refractivity contribution in [2.24, 2.45) is 0 Å². The molecule has 0 amide bonds. The molecule has 7 nitrogen and oxygen atoms in total. The van der Waals surface area contributed by atoms with Gasteiger partial charge in [0, 0.05) is 15.7 Å². The van der Waals surface area contributed by atoms with Crippen LogP contribution in [-0.4, -0.2) is 32.8 Å². The number of anilines is 1. The number of hydrogen-bond donors (Lipinski definition) is 1. The summed E-state index contributed by atoms with van der Waals surface area (Å²) in [6, 6.07) is 15.8. The van der Waals surface area contributed by atoms with Crippen LogP contribution in [0.3, 0.4) is 0 Å². The van der Waals surface area contributed by atoms with Gasteiger partial charge in [-0.15, -0.1) is 10.2 Å². The van der Waals surface area contributed by atoms with E-state index in [0.29, 0.717) is 16.9 Å². The topological polar surface area (TPSA) is 106 Å². The fourth-order valence-electron chi connectivity index (χ4n) is 2.36. The second-order valence-electron chi connectivity index (χ2n) is 5.80. The van der Waals surface area contributed by atoms with E-state index in [-0.39, 0.29) is 15.7 Å². The van der Waals surface area contributed by atoms with E-state index in [1.165, 1.54) is 31.2 Å². The Bertz CT molecular complexity index is 1190. The number of benzene rings is 2. The molecule has 3 rings (SSSR count). The molecule has 146 valence electrons. The molecule has 0 saturated carbocycles. The van der Waals surface area contributed by atoms with Gasteiger partial charge in [0.05, 0.1) is 16.3 Å². The Morgan fingerprint density at radius 1 is 0.929 bits per heavy atom. The van der Waals surface area contributed by atoms with Crippen LogP contribution in [0.25, 0.3) is 11.3 Å². The molecule has 0 radical (unpaired) electrons. The molecule has 0 aliphatic carbocycles. The number of rotatable bonds is 6. The van der Waals surface area contributed by atoms with E-state index in [4.69, 9.17) is 0 Å². The fraction of sp³-hybridized carbons (Fsp3) is 0.111. The summed E-state index contributed by atoms with van der Waals surface area (Å²) in [5.74, 6) is -0.0612. The zero-order chi connectivity index (χ0) is 20.4. The van der Waals surface area contributed by atoms with Gasteiger partial charge >= 0.3 is 0 Å². The van der Waals surface area contributed by atoms with Gasteiger partial charge in [-0.3, -0.25) is 4.72 Å². The van der Waals surface area contributed by atoms with Crippen molar-refractivity contribution in [1.29, 1.82) is 0 Å². The first-order valence-corrected chi connectivity index (χ1v) is 12.1. The summed E-state index contributed by atoms with van der Waals surface area (Å²) in [5.41, 5.74) is 1.39. The van der Waals surface area contributed by atoms with Crippen LogP contribution in [0.5, 0.6) is 0 Å². The average molecular weight is 482 g/mol. The molecular weight excluding hydrogens is 466 g/mol. The Morgan fingerprint density at radius 2 is 1.64 bits per heavy atom. The van der Waals surface area contributed by atoms with Crippen molar-refractivity contribution < 1.29 is 16.8 Å². The zero-order valence-electron chi connectivity index (χ0n) is 14.7. The lowest BCUT2D eigenvalue weighted by Crippen LogP contribution is -2.12. The first-order valence-electron chi connectivity index (χ1n) is 8.16. The third-order valence-corrected chi connectivity index (χ3v) is 7.41. The van der Waals surface area contributed by atoms with Gasteiger partial charge in [-0.2, -0.15) is 0 Å². The Labute approximate surface area is 171 Å². The van der Waals surface area contributed by atoms with Crippen molar-refractivity contribution in [3.8, 4) is 11.3 Å². The molecule has 0 aliphatic rings. The third-order valence-electron chi connectivity index (χ3n) is 3.87. The number of sulfone groups is 1. The normalized spacial score (nSPS) is 11.9. The van der Waals surface area contributed by atoms with Crippen LogP contribution in [0, 0.1) is 0 Å². The summed E-state index contributed by atoms with van der Waals surface area (Å²) in [6.45, 7) is 1.53. The van der Waals surface area contributed by atoms with Crippen LogP contribution in [0.4, 0.5) is 5.69 Å². The second kappa shape index (κ2) is 7.98. The predicted molar refractivity (Wildman–Crippen MR) is 110 cm³/mol. The Kier molecular flexibility index (Phi) is 5.82. The molecule has 0 atom stereocenters. The molecule has 0 saturated heterocycles. The van der Waals surface area contributed by atoms with E-state index in [1.54, 1.807) is 36.4 Å². The molecule has 1 aromatic heterocycles. The first-order chi connectivity index (χ1) is 13.2. The largest absolute Gasteiger partial charge is 0.280 e. The van der Waals surface area contributed by atoms with E-state index < -0.39 is 19.9 Å². The number of sulfonamides is 1. The van der Waals surface area contributed by atoms with Gasteiger partial charge in [0.25, 0.3) is 10.0 Å². The van der Waals surface area contributed by atoms with E-state index in [0.717, 1.165) is 4.47 Å². The van der Waals surface area contributed by atoms with Crippen LogP contribution in [-0.2, 0) is 19.9 Å². The summed E-state index contributed by atoms with van der Waals surface area (Å²) in [7, 11) is -7.18. The number of halogens is 1. The predicted octanol–water partition coefficient (Wildman–Crippen LogP) is 3.50. The van der Waals surface area contributed by atoms with Crippen LogP contribution in [0.1, 0.15) is 6.92 Å². The Balaban J connectivity index is 1.87. The molecule has 1 N–H and O–H groups in total. The van der Waals surface area contributed by atoms with Crippen molar-refractivity contribution in [2.75, 3.05) is 10.5 Å². The van der Waals surface area contributed by atoms with E-state index in [9.17, 15) is 16.8 Å². The highest BCUT2D eigenvalue weighted by Gasteiger charge is 2.16. The lowest BCUT2D eigenvalue weighted by molar-refractivity contribution is 0.591. The monoisotopic (exact) mass is 481 g/mol. The zero-order valence-corrected chi connectivity index (χ0v) is 17.9. The summed E-state index contributed by atoms with van der Waals surface area (Å²) in [4.78, 5) is 0.134. The highest BCUT2D eigenvalue weighted by Crippen LogP contribution is 2.24. The SMILES string of the molecule is CCS(=O)(=O)c1ccc(-c2cccc(NS(=O)(=O)c3ccc(Br)cc3)c2)nn1. The molecule has 0 aliphatic heterocycles. The molecule has 0 bridgehead atoms. The minimum Gasteiger partial charge on any atom is -0.280 e. The Morgan fingerprint density at radius 3 is 2.25 bits per heavy atom. The molecule has 1 heterocycles. The van der Waals surface area contributed by atoms with Crippen molar-refractivity contribution in [3.63, 3.8) is 0 Å².